The van der Waals surface area contributed by atoms with Gasteiger partial charge in [-0.1, -0.05) is 18.2 Å². The minimum atomic E-state index is -4.58. The molecule has 0 bridgehead atoms. The molecule has 122 valence electrons. The highest BCUT2D eigenvalue weighted by atomic mass is 32.2. The van der Waals surface area contributed by atoms with Gasteiger partial charge in [0.2, 0.25) is 0 Å². The minimum absolute atomic E-state index is 0.0274. The Labute approximate surface area is 137 Å². The maximum Gasteiger partial charge on any atom is 0.151 e. The average Bonchev–Trinajstić information content (AvgIpc) is 2.54. The number of aromatic hydroxyl groups is 2. The first-order valence-corrected chi connectivity index (χ1v) is 8.18. The number of phenolic OH excluding ortho intramolecular Hbond substituents is 2. The van der Waals surface area contributed by atoms with Crippen molar-refractivity contribution in [2.24, 2.45) is 10.2 Å². The summed E-state index contributed by atoms with van der Waals surface area (Å²) in [7, 11) is -4.58. The van der Waals surface area contributed by atoms with Crippen LogP contribution in [0.15, 0.2) is 69.7 Å². The van der Waals surface area contributed by atoms with Crippen LogP contribution in [0.25, 0.3) is 10.8 Å². The number of benzene rings is 3. The molecular formula is C16H11N2O5S-. The highest BCUT2D eigenvalue weighted by molar-refractivity contribution is 7.85. The Balaban J connectivity index is 2.01. The first-order chi connectivity index (χ1) is 11.4. The molecule has 0 spiro atoms. The van der Waals surface area contributed by atoms with Gasteiger partial charge in [-0.15, -0.1) is 5.11 Å². The van der Waals surface area contributed by atoms with Gasteiger partial charge in [0.15, 0.2) is 5.75 Å². The van der Waals surface area contributed by atoms with Gasteiger partial charge >= 0.3 is 0 Å². The van der Waals surface area contributed by atoms with Crippen LogP contribution < -0.4 is 0 Å². The van der Waals surface area contributed by atoms with Gasteiger partial charge in [0.25, 0.3) is 0 Å². The molecule has 0 radical (unpaired) electrons. The van der Waals surface area contributed by atoms with Crippen molar-refractivity contribution >= 4 is 32.3 Å². The maximum atomic E-state index is 11.0. The number of phenols is 2. The van der Waals surface area contributed by atoms with Gasteiger partial charge < -0.3 is 14.8 Å². The summed E-state index contributed by atoms with van der Waals surface area (Å²) in [6, 6.07) is 12.9. The third-order valence-corrected chi connectivity index (χ3v) is 4.20. The molecule has 0 fully saturated rings. The fourth-order valence-electron chi connectivity index (χ4n) is 2.21. The molecule has 3 aromatic rings. The number of rotatable bonds is 3. The zero-order valence-corrected chi connectivity index (χ0v) is 12.9. The second-order valence-electron chi connectivity index (χ2n) is 4.96. The smallest absolute Gasteiger partial charge is 0.151 e. The van der Waals surface area contributed by atoms with E-state index in [1.54, 1.807) is 18.2 Å². The molecule has 0 aliphatic heterocycles. The van der Waals surface area contributed by atoms with E-state index in [0.717, 1.165) is 12.1 Å². The molecule has 0 saturated carbocycles. The topological polar surface area (TPSA) is 122 Å². The van der Waals surface area contributed by atoms with E-state index in [-0.39, 0.29) is 22.9 Å². The van der Waals surface area contributed by atoms with Crippen LogP contribution in [0.1, 0.15) is 0 Å². The Morgan fingerprint density at radius 1 is 0.875 bits per heavy atom. The minimum Gasteiger partial charge on any atom is -0.744 e. The molecule has 0 saturated heterocycles. The molecule has 0 aromatic heterocycles. The lowest BCUT2D eigenvalue weighted by molar-refractivity contribution is 0.463. The lowest BCUT2D eigenvalue weighted by Crippen LogP contribution is -1.97. The second kappa shape index (κ2) is 5.91. The Bertz CT molecular complexity index is 1060. The normalized spacial score (nSPS) is 12.0. The fourth-order valence-corrected chi connectivity index (χ4v) is 2.72. The van der Waals surface area contributed by atoms with Crippen molar-refractivity contribution in [3.8, 4) is 11.5 Å². The molecule has 0 aliphatic rings. The highest BCUT2D eigenvalue weighted by Gasteiger charge is 2.08. The molecule has 3 rings (SSSR count). The number of azo groups is 1. The summed E-state index contributed by atoms with van der Waals surface area (Å²) in [5, 5.41) is 28.6. The van der Waals surface area contributed by atoms with Crippen molar-refractivity contribution in [1.29, 1.82) is 0 Å². The zero-order valence-electron chi connectivity index (χ0n) is 12.1. The summed E-state index contributed by atoms with van der Waals surface area (Å²) in [5.74, 6) is -0.139. The van der Waals surface area contributed by atoms with Crippen molar-refractivity contribution in [2.45, 2.75) is 4.90 Å². The molecule has 2 N–H and O–H groups in total. The van der Waals surface area contributed by atoms with Gasteiger partial charge in [-0.25, -0.2) is 8.42 Å². The SMILES string of the molecule is O=S(=O)([O-])c1cccc(N=Nc2ccc3c(O)cccc3c2O)c1. The first kappa shape index (κ1) is 15.9. The van der Waals surface area contributed by atoms with Crippen LogP contribution in [0.5, 0.6) is 11.5 Å². The van der Waals surface area contributed by atoms with Gasteiger partial charge in [0, 0.05) is 10.8 Å². The quantitative estimate of drug-likeness (QED) is 0.556. The van der Waals surface area contributed by atoms with Gasteiger partial charge in [-0.05, 0) is 36.4 Å². The van der Waals surface area contributed by atoms with E-state index in [9.17, 15) is 23.2 Å². The van der Waals surface area contributed by atoms with E-state index in [0.29, 0.717) is 10.8 Å². The Kier molecular flexibility index (Phi) is 3.92. The van der Waals surface area contributed by atoms with Crippen LogP contribution in [0, 0.1) is 0 Å². The van der Waals surface area contributed by atoms with E-state index in [1.165, 1.54) is 24.3 Å². The molecule has 0 unspecified atom stereocenters. The molecule has 0 atom stereocenters. The molecule has 7 nitrogen and oxygen atoms in total. The summed E-state index contributed by atoms with van der Waals surface area (Å²) in [6.45, 7) is 0. The maximum absolute atomic E-state index is 11.0. The van der Waals surface area contributed by atoms with Gasteiger partial charge in [-0.2, -0.15) is 5.11 Å². The summed E-state index contributed by atoms with van der Waals surface area (Å²) >= 11 is 0. The standard InChI is InChI=1S/C16H12N2O5S/c19-15-6-2-5-13-12(15)7-8-14(16(13)20)18-17-10-3-1-4-11(9-10)24(21,22)23/h1-9,19-20H,(H,21,22,23)/p-1. The van der Waals surface area contributed by atoms with E-state index in [2.05, 4.69) is 10.2 Å². The molecule has 0 heterocycles. The van der Waals surface area contributed by atoms with Crippen LogP contribution in [-0.4, -0.2) is 23.2 Å². The number of fused-ring (bicyclic) bond motifs is 1. The highest BCUT2D eigenvalue weighted by Crippen LogP contribution is 2.38. The zero-order chi connectivity index (χ0) is 17.3. The van der Waals surface area contributed by atoms with Crippen molar-refractivity contribution in [3.05, 3.63) is 54.6 Å². The third-order valence-electron chi connectivity index (χ3n) is 3.37. The molecular weight excluding hydrogens is 332 g/mol. The Morgan fingerprint density at radius 2 is 1.62 bits per heavy atom. The third kappa shape index (κ3) is 3.05. The van der Waals surface area contributed by atoms with E-state index < -0.39 is 15.0 Å². The summed E-state index contributed by atoms with van der Waals surface area (Å²) in [4.78, 5) is -0.411. The fraction of sp³-hybridized carbons (Fsp3) is 0. The summed E-state index contributed by atoms with van der Waals surface area (Å²) in [5.41, 5.74) is 0.297. The predicted octanol–water partition coefficient (Wildman–Crippen LogP) is 3.57. The lowest BCUT2D eigenvalue weighted by atomic mass is 10.1. The van der Waals surface area contributed by atoms with Gasteiger partial charge in [-0.3, -0.25) is 0 Å². The molecule has 24 heavy (non-hydrogen) atoms. The average molecular weight is 343 g/mol. The van der Waals surface area contributed by atoms with Crippen molar-refractivity contribution in [2.75, 3.05) is 0 Å². The number of hydrogen-bond donors (Lipinski definition) is 2. The van der Waals surface area contributed by atoms with E-state index in [1.807, 2.05) is 0 Å². The van der Waals surface area contributed by atoms with Crippen molar-refractivity contribution in [1.82, 2.24) is 0 Å². The predicted molar refractivity (Wildman–Crippen MR) is 85.9 cm³/mol. The van der Waals surface area contributed by atoms with Crippen LogP contribution >= 0.6 is 0 Å². The Morgan fingerprint density at radius 3 is 2.38 bits per heavy atom. The van der Waals surface area contributed by atoms with Crippen LogP contribution in [-0.2, 0) is 10.1 Å². The second-order valence-corrected chi connectivity index (χ2v) is 6.34. The molecule has 0 aliphatic carbocycles. The molecule has 8 heteroatoms. The van der Waals surface area contributed by atoms with Crippen LogP contribution in [0.4, 0.5) is 11.4 Å². The first-order valence-electron chi connectivity index (χ1n) is 6.77. The molecule has 3 aromatic carbocycles. The monoisotopic (exact) mass is 343 g/mol. The van der Waals surface area contributed by atoms with Crippen molar-refractivity contribution < 1.29 is 23.2 Å². The lowest BCUT2D eigenvalue weighted by Gasteiger charge is -2.07. The van der Waals surface area contributed by atoms with E-state index in [4.69, 9.17) is 0 Å². The van der Waals surface area contributed by atoms with Crippen molar-refractivity contribution in [3.63, 3.8) is 0 Å². The summed E-state index contributed by atoms with van der Waals surface area (Å²) < 4.78 is 33.0. The number of hydrogen-bond acceptors (Lipinski definition) is 7. The van der Waals surface area contributed by atoms with Gasteiger partial charge in [0.1, 0.15) is 21.6 Å². The largest absolute Gasteiger partial charge is 0.744 e. The Hall–Kier alpha value is -2.97. The van der Waals surface area contributed by atoms with Crippen LogP contribution in [0.3, 0.4) is 0 Å². The summed E-state index contributed by atoms with van der Waals surface area (Å²) in [6.07, 6.45) is 0. The van der Waals surface area contributed by atoms with Crippen LogP contribution in [0.2, 0.25) is 0 Å². The van der Waals surface area contributed by atoms with Gasteiger partial charge in [0.05, 0.1) is 10.6 Å². The molecule has 0 amide bonds. The van der Waals surface area contributed by atoms with E-state index >= 15 is 0 Å². The number of nitrogens with zero attached hydrogens (tertiary/aromatic N) is 2.